The molecule has 2 saturated heterocycles. The highest BCUT2D eigenvalue weighted by Gasteiger charge is 2.34. The molecule has 8 N–H and O–H groups in total. The third-order valence-electron chi connectivity index (χ3n) is 10.6. The SMILES string of the molecule is CC(C)C[C@@H](NC(=O)[C@@H](Cc1ccccc1)NC(=O)N(C)C(CN)c1ccccc1)C(=O)N[C@H](CCCCN)C(=O)N1CCC(NC(=O)OC2CCOCC2)CC1. The Hall–Kier alpha value is -4.73. The lowest BCUT2D eigenvalue weighted by molar-refractivity contribution is -0.138. The number of amides is 6. The van der Waals surface area contributed by atoms with Crippen molar-refractivity contribution < 1.29 is 33.4 Å². The molecule has 2 aliphatic rings. The van der Waals surface area contributed by atoms with Crippen molar-refractivity contribution in [3.63, 3.8) is 0 Å². The second-order valence-electron chi connectivity index (χ2n) is 15.5. The Kier molecular flexibility index (Phi) is 18.5. The molecule has 0 bridgehead atoms. The van der Waals surface area contributed by atoms with E-state index in [1.807, 2.05) is 74.5 Å². The molecule has 1 unspecified atom stereocenters. The molecule has 2 fully saturated rings. The van der Waals surface area contributed by atoms with E-state index in [2.05, 4.69) is 21.3 Å². The Bertz CT molecular complexity index is 1550. The third-order valence-corrected chi connectivity index (χ3v) is 10.6. The minimum absolute atomic E-state index is 0.0154. The number of ether oxygens (including phenoxy) is 2. The maximum absolute atomic E-state index is 14.1. The molecular formula is C42H64N8O7. The van der Waals surface area contributed by atoms with Gasteiger partial charge in [-0.3, -0.25) is 14.4 Å². The molecule has 15 heteroatoms. The first-order chi connectivity index (χ1) is 27.5. The van der Waals surface area contributed by atoms with Gasteiger partial charge < -0.3 is 52.0 Å². The fraction of sp³-hybridized carbons (Fsp3) is 0.595. The Balaban J connectivity index is 1.43. The summed E-state index contributed by atoms with van der Waals surface area (Å²) >= 11 is 0. The summed E-state index contributed by atoms with van der Waals surface area (Å²) in [5.74, 6) is -1.21. The number of nitrogens with two attached hydrogens (primary N) is 2. The van der Waals surface area contributed by atoms with E-state index in [0.717, 1.165) is 11.1 Å². The second kappa shape index (κ2) is 23.5. The number of nitrogens with one attached hydrogen (secondary N) is 4. The number of benzene rings is 2. The molecule has 2 aromatic carbocycles. The molecule has 0 spiro atoms. The summed E-state index contributed by atoms with van der Waals surface area (Å²) in [6, 6.07) is 14.9. The highest BCUT2D eigenvalue weighted by atomic mass is 16.6. The number of likely N-dealkylation sites (N-methyl/N-ethyl adjacent to an activating group) is 1. The van der Waals surface area contributed by atoms with Crippen molar-refractivity contribution in [1.29, 1.82) is 0 Å². The van der Waals surface area contributed by atoms with Crippen LogP contribution >= 0.6 is 0 Å². The van der Waals surface area contributed by atoms with Crippen LogP contribution in [-0.4, -0.2) is 116 Å². The van der Waals surface area contributed by atoms with Gasteiger partial charge in [0.05, 0.1) is 19.3 Å². The van der Waals surface area contributed by atoms with E-state index in [1.54, 1.807) is 11.9 Å². The maximum Gasteiger partial charge on any atom is 0.407 e. The van der Waals surface area contributed by atoms with Crippen molar-refractivity contribution in [2.24, 2.45) is 17.4 Å². The van der Waals surface area contributed by atoms with Gasteiger partial charge in [-0.2, -0.15) is 0 Å². The number of alkyl carbamates (subject to hydrolysis) is 1. The Morgan fingerprint density at radius 2 is 1.44 bits per heavy atom. The zero-order valence-electron chi connectivity index (χ0n) is 33.8. The average Bonchev–Trinajstić information content (AvgIpc) is 3.21. The van der Waals surface area contributed by atoms with Crippen LogP contribution < -0.4 is 32.7 Å². The van der Waals surface area contributed by atoms with Crippen LogP contribution in [-0.2, 0) is 30.3 Å². The van der Waals surface area contributed by atoms with E-state index in [4.69, 9.17) is 20.9 Å². The monoisotopic (exact) mass is 792 g/mol. The number of unbranched alkanes of at least 4 members (excludes halogenated alkanes) is 1. The van der Waals surface area contributed by atoms with Crippen LogP contribution in [0.2, 0.25) is 0 Å². The summed E-state index contributed by atoms with van der Waals surface area (Å²) in [4.78, 5) is 71.6. The van der Waals surface area contributed by atoms with Crippen molar-refractivity contribution in [2.45, 2.75) is 108 Å². The van der Waals surface area contributed by atoms with E-state index in [0.29, 0.717) is 84.2 Å². The number of carbonyl (C=O) groups excluding carboxylic acids is 5. The van der Waals surface area contributed by atoms with Crippen LogP contribution in [0.25, 0.3) is 0 Å². The molecule has 0 aromatic heterocycles. The van der Waals surface area contributed by atoms with E-state index in [9.17, 15) is 24.0 Å². The molecule has 2 aromatic rings. The molecule has 4 atom stereocenters. The first-order valence-corrected chi connectivity index (χ1v) is 20.5. The van der Waals surface area contributed by atoms with Crippen LogP contribution in [0.3, 0.4) is 0 Å². The van der Waals surface area contributed by atoms with E-state index in [-0.39, 0.29) is 36.9 Å². The molecule has 0 aliphatic carbocycles. The summed E-state index contributed by atoms with van der Waals surface area (Å²) in [5.41, 5.74) is 13.6. The van der Waals surface area contributed by atoms with Gasteiger partial charge >= 0.3 is 12.1 Å². The lowest BCUT2D eigenvalue weighted by Gasteiger charge is -2.35. The fourth-order valence-electron chi connectivity index (χ4n) is 7.25. The topological polar surface area (TPSA) is 210 Å². The van der Waals surface area contributed by atoms with E-state index >= 15 is 0 Å². The number of hydrogen-bond donors (Lipinski definition) is 6. The van der Waals surface area contributed by atoms with Crippen molar-refractivity contribution in [2.75, 3.05) is 46.4 Å². The van der Waals surface area contributed by atoms with Crippen LogP contribution in [0, 0.1) is 5.92 Å². The molecule has 15 nitrogen and oxygen atoms in total. The normalized spacial score (nSPS) is 17.1. The summed E-state index contributed by atoms with van der Waals surface area (Å²) in [7, 11) is 1.63. The average molecular weight is 793 g/mol. The number of nitrogens with zero attached hydrogens (tertiary/aromatic N) is 2. The van der Waals surface area contributed by atoms with Gasteiger partial charge in [-0.1, -0.05) is 74.5 Å². The van der Waals surface area contributed by atoms with Gasteiger partial charge in [-0.25, -0.2) is 9.59 Å². The summed E-state index contributed by atoms with van der Waals surface area (Å²) in [5, 5.41) is 11.7. The zero-order chi connectivity index (χ0) is 41.2. The Morgan fingerprint density at radius 3 is 2.05 bits per heavy atom. The smallest absolute Gasteiger partial charge is 0.407 e. The van der Waals surface area contributed by atoms with Crippen LogP contribution in [0.15, 0.2) is 60.7 Å². The van der Waals surface area contributed by atoms with Gasteiger partial charge in [-0.15, -0.1) is 0 Å². The standard InChI is InChI=1S/C42H64N8O7/c1-29(2)26-35(47-39(52)36(27-30-12-6-4-7-13-30)48-41(54)49(3)37(28-44)31-14-8-5-9-15-31)38(51)46-34(16-10-11-21-43)40(53)50-22-17-32(18-23-50)45-42(55)57-33-19-24-56-25-20-33/h4-9,12-15,29,32-37H,10-11,16-28,43-44H2,1-3H3,(H,45,55)(H,46,51)(H,47,52)(H,48,54)/t34-,35-,36-,37?/m1/s1. The number of hydrogen-bond acceptors (Lipinski definition) is 9. The van der Waals surface area contributed by atoms with Gasteiger partial charge in [0.25, 0.3) is 0 Å². The molecular weight excluding hydrogens is 729 g/mol. The van der Waals surface area contributed by atoms with E-state index in [1.165, 1.54) is 4.90 Å². The van der Waals surface area contributed by atoms with Crippen molar-refractivity contribution in [3.05, 3.63) is 71.8 Å². The summed E-state index contributed by atoms with van der Waals surface area (Å²) in [6.07, 6.45) is 3.98. The third kappa shape index (κ3) is 14.6. The van der Waals surface area contributed by atoms with E-state index < -0.39 is 48.1 Å². The molecule has 6 amide bonds. The quantitative estimate of drug-likeness (QED) is 0.115. The largest absolute Gasteiger partial charge is 0.446 e. The first kappa shape index (κ1) is 45.0. The molecule has 4 rings (SSSR count). The lowest BCUT2D eigenvalue weighted by Crippen LogP contribution is -2.59. The highest BCUT2D eigenvalue weighted by molar-refractivity contribution is 5.94. The summed E-state index contributed by atoms with van der Waals surface area (Å²) in [6.45, 7) is 6.47. The summed E-state index contributed by atoms with van der Waals surface area (Å²) < 4.78 is 10.9. The van der Waals surface area contributed by atoms with Gasteiger partial charge in [0.1, 0.15) is 24.2 Å². The number of rotatable bonds is 19. The van der Waals surface area contributed by atoms with Gasteiger partial charge in [0, 0.05) is 52.0 Å². The van der Waals surface area contributed by atoms with Crippen LogP contribution in [0.5, 0.6) is 0 Å². The van der Waals surface area contributed by atoms with Gasteiger partial charge in [0.2, 0.25) is 17.7 Å². The Labute approximate surface area is 337 Å². The Morgan fingerprint density at radius 1 is 0.825 bits per heavy atom. The molecule has 2 aliphatic heterocycles. The number of urea groups is 1. The maximum atomic E-state index is 14.1. The number of piperidine rings is 1. The van der Waals surface area contributed by atoms with Crippen molar-refractivity contribution >= 4 is 29.8 Å². The molecule has 0 saturated carbocycles. The molecule has 0 radical (unpaired) electrons. The predicted octanol–water partition coefficient (Wildman–Crippen LogP) is 2.98. The minimum atomic E-state index is -1.02. The highest BCUT2D eigenvalue weighted by Crippen LogP contribution is 2.19. The van der Waals surface area contributed by atoms with Crippen LogP contribution in [0.4, 0.5) is 9.59 Å². The number of likely N-dealkylation sites (tertiary alicyclic amines) is 1. The molecule has 57 heavy (non-hydrogen) atoms. The first-order valence-electron chi connectivity index (χ1n) is 20.5. The van der Waals surface area contributed by atoms with Crippen LogP contribution in [0.1, 0.15) is 82.4 Å². The van der Waals surface area contributed by atoms with Crippen molar-refractivity contribution in [3.8, 4) is 0 Å². The zero-order valence-corrected chi connectivity index (χ0v) is 33.8. The van der Waals surface area contributed by atoms with Gasteiger partial charge in [0.15, 0.2) is 0 Å². The van der Waals surface area contributed by atoms with Crippen molar-refractivity contribution in [1.82, 2.24) is 31.1 Å². The fourth-order valence-corrected chi connectivity index (χ4v) is 7.25. The molecule has 2 heterocycles. The predicted molar refractivity (Wildman–Crippen MR) is 218 cm³/mol. The second-order valence-corrected chi connectivity index (χ2v) is 15.5. The lowest BCUT2D eigenvalue weighted by atomic mass is 9.99. The van der Waals surface area contributed by atoms with Gasteiger partial charge in [-0.05, 0) is 62.1 Å². The minimum Gasteiger partial charge on any atom is -0.446 e. The molecule has 314 valence electrons. The number of carbonyl (C=O) groups is 5.